The fraction of sp³-hybridized carbons (Fsp3) is 0.316. The summed E-state index contributed by atoms with van der Waals surface area (Å²) in [5.74, 6) is -0.110. The summed E-state index contributed by atoms with van der Waals surface area (Å²) in [5, 5.41) is 16.8. The first kappa shape index (κ1) is 17.8. The summed E-state index contributed by atoms with van der Waals surface area (Å²) in [4.78, 5) is 3.97. The van der Waals surface area contributed by atoms with E-state index in [1.807, 2.05) is 0 Å². The Balaban J connectivity index is 1.61. The summed E-state index contributed by atoms with van der Waals surface area (Å²) in [7, 11) is 1.79. The summed E-state index contributed by atoms with van der Waals surface area (Å²) < 4.78 is 36.9. The zero-order chi connectivity index (χ0) is 20.1. The van der Waals surface area contributed by atoms with Crippen LogP contribution in [-0.4, -0.2) is 50.9 Å². The molecule has 0 radical (unpaired) electrons. The van der Waals surface area contributed by atoms with Crippen molar-refractivity contribution < 1.29 is 18.1 Å². The number of hydrogen-bond donors (Lipinski definition) is 0. The van der Waals surface area contributed by atoms with Crippen LogP contribution in [0.2, 0.25) is 0 Å². The Kier molecular flexibility index (Phi) is 3.91. The number of alkyl halides is 1. The zero-order valence-electron chi connectivity index (χ0n) is 15.7. The summed E-state index contributed by atoms with van der Waals surface area (Å²) in [6.07, 6.45) is 4.61. The highest BCUT2D eigenvalue weighted by atomic mass is 19.1. The minimum atomic E-state index is -1.52. The van der Waals surface area contributed by atoms with E-state index in [4.69, 9.17) is 4.74 Å². The van der Waals surface area contributed by atoms with Gasteiger partial charge in [-0.3, -0.25) is 0 Å². The molecule has 0 saturated heterocycles. The second kappa shape index (κ2) is 6.38. The number of fused-ring (bicyclic) bond motifs is 1. The lowest BCUT2D eigenvalue weighted by atomic mass is 9.77. The number of nitrogens with zero attached hydrogens (tertiary/aromatic N) is 7. The van der Waals surface area contributed by atoms with Crippen molar-refractivity contribution in [1.29, 1.82) is 0 Å². The molecule has 1 saturated carbocycles. The van der Waals surface area contributed by atoms with E-state index < -0.39 is 11.5 Å². The molecule has 1 atom stereocenters. The van der Waals surface area contributed by atoms with Crippen LogP contribution >= 0.6 is 0 Å². The van der Waals surface area contributed by atoms with E-state index in [-0.39, 0.29) is 28.6 Å². The first-order valence-electron chi connectivity index (χ1n) is 9.25. The Bertz CT molecular complexity index is 1140. The van der Waals surface area contributed by atoms with E-state index >= 15 is 4.39 Å². The maximum atomic E-state index is 15.3. The fourth-order valence-electron chi connectivity index (χ4n) is 3.42. The van der Waals surface area contributed by atoms with Crippen molar-refractivity contribution in [2.45, 2.75) is 24.9 Å². The molecule has 29 heavy (non-hydrogen) atoms. The molecule has 148 valence electrons. The highest BCUT2D eigenvalue weighted by Gasteiger charge is 2.43. The number of rotatable bonds is 5. The van der Waals surface area contributed by atoms with Crippen molar-refractivity contribution in [2.75, 3.05) is 13.8 Å². The Morgan fingerprint density at radius 3 is 2.76 bits per heavy atom. The van der Waals surface area contributed by atoms with E-state index in [0.29, 0.717) is 24.1 Å². The third kappa shape index (κ3) is 2.96. The SMILES string of the molecule is C[N+]1(COc2nn3c(-c4ccccc4F)nnc3cc2C2(F)CCC2)C=NC=N1. The highest BCUT2D eigenvalue weighted by molar-refractivity contribution is 5.70. The molecular formula is C19H18F2N7O+. The molecule has 1 aromatic carbocycles. The van der Waals surface area contributed by atoms with Crippen molar-refractivity contribution in [3.05, 3.63) is 41.7 Å². The number of ether oxygens (including phenoxy) is 1. The minimum absolute atomic E-state index is 0.0563. The first-order chi connectivity index (χ1) is 14.0. The van der Waals surface area contributed by atoms with Crippen LogP contribution in [0.25, 0.3) is 17.0 Å². The van der Waals surface area contributed by atoms with E-state index in [9.17, 15) is 4.39 Å². The van der Waals surface area contributed by atoms with Gasteiger partial charge < -0.3 is 4.74 Å². The topological polar surface area (TPSA) is 77.0 Å². The van der Waals surface area contributed by atoms with Gasteiger partial charge in [0.2, 0.25) is 12.2 Å². The van der Waals surface area contributed by atoms with Crippen molar-refractivity contribution in [2.24, 2.45) is 10.1 Å². The van der Waals surface area contributed by atoms with E-state index in [1.165, 1.54) is 16.9 Å². The van der Waals surface area contributed by atoms with Gasteiger partial charge in [-0.2, -0.15) is 9.51 Å². The van der Waals surface area contributed by atoms with Gasteiger partial charge in [0.05, 0.1) is 11.1 Å². The molecular weight excluding hydrogens is 380 g/mol. The maximum Gasteiger partial charge on any atom is 0.255 e. The Morgan fingerprint density at radius 2 is 2.07 bits per heavy atom. The van der Waals surface area contributed by atoms with Crippen LogP contribution in [0.15, 0.2) is 40.4 Å². The molecule has 1 aliphatic carbocycles. The molecule has 1 aliphatic heterocycles. The predicted molar refractivity (Wildman–Crippen MR) is 101 cm³/mol. The number of hydrogen-bond acceptors (Lipinski definition) is 6. The summed E-state index contributed by atoms with van der Waals surface area (Å²) >= 11 is 0. The van der Waals surface area contributed by atoms with Crippen LogP contribution in [0, 0.1) is 5.82 Å². The molecule has 8 nitrogen and oxygen atoms in total. The summed E-state index contributed by atoms with van der Waals surface area (Å²) in [6, 6.07) is 7.80. The molecule has 2 aliphatic rings. The van der Waals surface area contributed by atoms with Crippen LogP contribution in [0.5, 0.6) is 5.88 Å². The van der Waals surface area contributed by atoms with Crippen molar-refractivity contribution in [3.63, 3.8) is 0 Å². The first-order valence-corrected chi connectivity index (χ1v) is 9.25. The van der Waals surface area contributed by atoms with Gasteiger partial charge in [0, 0.05) is 0 Å². The Hall–Kier alpha value is -3.27. The van der Waals surface area contributed by atoms with Gasteiger partial charge in [0.1, 0.15) is 18.5 Å². The van der Waals surface area contributed by atoms with Gasteiger partial charge in [0.25, 0.3) is 6.73 Å². The van der Waals surface area contributed by atoms with E-state index in [2.05, 4.69) is 25.4 Å². The van der Waals surface area contributed by atoms with Gasteiger partial charge in [0.15, 0.2) is 17.8 Å². The molecule has 2 aromatic heterocycles. The predicted octanol–water partition coefficient (Wildman–Crippen LogP) is 3.05. The number of aliphatic imine (C=N–C) groups is 1. The molecule has 1 unspecified atom stereocenters. The van der Waals surface area contributed by atoms with Gasteiger partial charge in [-0.1, -0.05) is 17.2 Å². The monoisotopic (exact) mass is 398 g/mol. The highest BCUT2D eigenvalue weighted by Crippen LogP contribution is 2.48. The normalized spacial score (nSPS) is 22.2. The second-order valence-electron chi connectivity index (χ2n) is 7.44. The third-order valence-electron chi connectivity index (χ3n) is 5.26. The quantitative estimate of drug-likeness (QED) is 0.619. The van der Waals surface area contributed by atoms with Crippen LogP contribution in [0.4, 0.5) is 8.78 Å². The van der Waals surface area contributed by atoms with Crippen LogP contribution < -0.4 is 4.74 Å². The van der Waals surface area contributed by atoms with E-state index in [0.717, 1.165) is 6.42 Å². The Labute approximate surface area is 164 Å². The van der Waals surface area contributed by atoms with Crippen LogP contribution in [0.1, 0.15) is 24.8 Å². The molecule has 5 rings (SSSR count). The lowest BCUT2D eigenvalue weighted by Gasteiger charge is -2.34. The molecule has 1 fully saturated rings. The standard InChI is InChI=1S/C19H18F2N7O/c1-28(11-22-10-23-28)12-29-18-14(19(21)7-4-8-19)9-16-24-25-17(27(16)26-18)13-5-2-3-6-15(13)20/h2-3,5-6,9-11H,4,7-8,12H2,1H3/q+1. The minimum Gasteiger partial charge on any atom is -0.423 e. The molecule has 0 bridgehead atoms. The van der Waals surface area contributed by atoms with Crippen molar-refractivity contribution in [1.82, 2.24) is 19.8 Å². The van der Waals surface area contributed by atoms with E-state index in [1.54, 1.807) is 37.7 Å². The molecule has 10 heteroatoms. The van der Waals surface area contributed by atoms with Gasteiger partial charge in [-0.15, -0.1) is 19.9 Å². The Morgan fingerprint density at radius 1 is 1.24 bits per heavy atom. The van der Waals surface area contributed by atoms with Crippen LogP contribution in [0.3, 0.4) is 0 Å². The van der Waals surface area contributed by atoms with Crippen molar-refractivity contribution in [3.8, 4) is 17.3 Å². The average molecular weight is 398 g/mol. The molecule has 0 spiro atoms. The molecule has 0 amide bonds. The smallest absolute Gasteiger partial charge is 0.255 e. The summed E-state index contributed by atoms with van der Waals surface area (Å²) in [6.45, 7) is 0.0821. The van der Waals surface area contributed by atoms with Gasteiger partial charge in [-0.25, -0.2) is 8.78 Å². The molecule has 3 heterocycles. The third-order valence-corrected chi connectivity index (χ3v) is 5.26. The maximum absolute atomic E-state index is 15.3. The molecule has 0 N–H and O–H groups in total. The van der Waals surface area contributed by atoms with Crippen molar-refractivity contribution >= 4 is 18.3 Å². The van der Waals surface area contributed by atoms with Crippen LogP contribution in [-0.2, 0) is 5.67 Å². The molecule has 3 aromatic rings. The fourth-order valence-corrected chi connectivity index (χ4v) is 3.42. The largest absolute Gasteiger partial charge is 0.423 e. The average Bonchev–Trinajstić information content (AvgIpc) is 3.31. The lowest BCUT2D eigenvalue weighted by Crippen LogP contribution is -2.39. The number of benzene rings is 1. The van der Waals surface area contributed by atoms with Gasteiger partial charge >= 0.3 is 0 Å². The summed E-state index contributed by atoms with van der Waals surface area (Å²) in [5.41, 5.74) is -0.610. The lowest BCUT2D eigenvalue weighted by molar-refractivity contribution is -0.836. The zero-order valence-corrected chi connectivity index (χ0v) is 15.7. The number of halogens is 2. The van der Waals surface area contributed by atoms with Gasteiger partial charge in [-0.05, 0) is 37.5 Å². The second-order valence-corrected chi connectivity index (χ2v) is 7.44. The number of aromatic nitrogens is 4. The number of quaternary nitrogens is 1.